The van der Waals surface area contributed by atoms with E-state index in [1.165, 1.54) is 31.3 Å². The van der Waals surface area contributed by atoms with Crippen LogP contribution in [0.1, 0.15) is 16.2 Å². The van der Waals surface area contributed by atoms with Crippen LogP contribution in [0.15, 0.2) is 82.5 Å². The van der Waals surface area contributed by atoms with Gasteiger partial charge >= 0.3 is 5.97 Å². The summed E-state index contributed by atoms with van der Waals surface area (Å²) < 4.78 is 32.1. The summed E-state index contributed by atoms with van der Waals surface area (Å²) in [6.07, 6.45) is 0. The number of esters is 1. The Morgan fingerprint density at radius 3 is 2.45 bits per heavy atom. The highest BCUT2D eigenvalue weighted by molar-refractivity contribution is 7.92. The quantitative estimate of drug-likeness (QED) is 0.418. The van der Waals surface area contributed by atoms with E-state index in [2.05, 4.69) is 9.97 Å². The summed E-state index contributed by atoms with van der Waals surface area (Å²) >= 11 is 5.95. The molecule has 8 nitrogen and oxygen atoms in total. The Morgan fingerprint density at radius 1 is 1.06 bits per heavy atom. The van der Waals surface area contributed by atoms with E-state index in [-0.39, 0.29) is 28.4 Å². The first kappa shape index (κ1) is 22.5. The number of hydrogen-bond donors (Lipinski definition) is 1. The maximum absolute atomic E-state index is 12.8. The third kappa shape index (κ3) is 4.74. The molecule has 168 valence electrons. The first-order valence-corrected chi connectivity index (χ1v) is 11.6. The lowest BCUT2D eigenvalue weighted by molar-refractivity contribution is 0.0462. The van der Waals surface area contributed by atoms with E-state index in [4.69, 9.17) is 16.3 Å². The van der Waals surface area contributed by atoms with Crippen LogP contribution >= 0.6 is 11.6 Å². The number of aromatic nitrogens is 2. The van der Waals surface area contributed by atoms with E-state index in [1.54, 1.807) is 48.5 Å². The molecular weight excluding hydrogens is 466 g/mol. The van der Waals surface area contributed by atoms with Crippen LogP contribution in [0, 0.1) is 0 Å². The molecule has 0 fully saturated rings. The molecule has 33 heavy (non-hydrogen) atoms. The number of aromatic amines is 1. The van der Waals surface area contributed by atoms with E-state index in [1.807, 2.05) is 0 Å². The molecule has 4 rings (SSSR count). The maximum atomic E-state index is 12.8. The Balaban J connectivity index is 1.48. The molecule has 1 N–H and O–H groups in total. The smallest absolute Gasteiger partial charge is 0.338 e. The van der Waals surface area contributed by atoms with Crippen molar-refractivity contribution in [1.29, 1.82) is 0 Å². The second kappa shape index (κ2) is 9.05. The van der Waals surface area contributed by atoms with Gasteiger partial charge in [-0.05, 0) is 54.6 Å². The van der Waals surface area contributed by atoms with E-state index < -0.39 is 16.0 Å². The number of H-pyrrole nitrogens is 1. The fraction of sp³-hybridized carbons (Fsp3) is 0.0870. The Labute approximate surface area is 194 Å². The molecule has 1 aromatic heterocycles. The highest BCUT2D eigenvalue weighted by Crippen LogP contribution is 2.22. The lowest BCUT2D eigenvalue weighted by Crippen LogP contribution is -2.26. The number of para-hydroxylation sites is 1. The zero-order chi connectivity index (χ0) is 23.6. The highest BCUT2D eigenvalue weighted by atomic mass is 35.5. The minimum Gasteiger partial charge on any atom is -0.454 e. The molecule has 0 aliphatic carbocycles. The fourth-order valence-electron chi connectivity index (χ4n) is 3.14. The third-order valence-electron chi connectivity index (χ3n) is 4.93. The van der Waals surface area contributed by atoms with Crippen LogP contribution in [0.2, 0.25) is 5.02 Å². The number of rotatable bonds is 6. The minimum absolute atomic E-state index is 0.0304. The van der Waals surface area contributed by atoms with Crippen LogP contribution in [0.3, 0.4) is 0 Å². The van der Waals surface area contributed by atoms with Gasteiger partial charge in [0.15, 0.2) is 0 Å². The van der Waals surface area contributed by atoms with Gasteiger partial charge in [-0.2, -0.15) is 0 Å². The van der Waals surface area contributed by atoms with Gasteiger partial charge < -0.3 is 9.72 Å². The Bertz CT molecular complexity index is 1490. The molecule has 0 amide bonds. The molecule has 0 spiro atoms. The molecule has 0 atom stereocenters. The first-order valence-electron chi connectivity index (χ1n) is 9.75. The number of sulfonamides is 1. The molecule has 0 saturated heterocycles. The molecule has 0 unspecified atom stereocenters. The monoisotopic (exact) mass is 483 g/mol. The van der Waals surface area contributed by atoms with Crippen LogP contribution in [-0.2, 0) is 21.4 Å². The number of hydrogen-bond acceptors (Lipinski definition) is 6. The van der Waals surface area contributed by atoms with Gasteiger partial charge in [-0.25, -0.2) is 18.2 Å². The summed E-state index contributed by atoms with van der Waals surface area (Å²) in [5.41, 5.74) is 0.677. The zero-order valence-corrected chi connectivity index (χ0v) is 18.9. The van der Waals surface area contributed by atoms with Crippen LogP contribution in [0.4, 0.5) is 5.69 Å². The number of nitrogens with one attached hydrogen (secondary N) is 1. The van der Waals surface area contributed by atoms with Gasteiger partial charge in [-0.1, -0.05) is 29.8 Å². The number of nitrogens with zero attached hydrogens (tertiary/aromatic N) is 2. The molecule has 0 bridgehead atoms. The molecule has 1 heterocycles. The normalized spacial score (nSPS) is 11.3. The summed E-state index contributed by atoms with van der Waals surface area (Å²) in [6, 6.07) is 18.7. The van der Waals surface area contributed by atoms with E-state index in [9.17, 15) is 18.0 Å². The second-order valence-corrected chi connectivity index (χ2v) is 9.49. The molecule has 4 aromatic rings. The van der Waals surface area contributed by atoms with Crippen molar-refractivity contribution in [3.8, 4) is 0 Å². The molecule has 10 heteroatoms. The van der Waals surface area contributed by atoms with Gasteiger partial charge in [0.1, 0.15) is 12.4 Å². The van der Waals surface area contributed by atoms with Gasteiger partial charge in [0.25, 0.3) is 15.6 Å². The van der Waals surface area contributed by atoms with Crippen molar-refractivity contribution in [2.75, 3.05) is 11.4 Å². The largest absolute Gasteiger partial charge is 0.454 e. The van der Waals surface area contributed by atoms with Crippen LogP contribution in [0.25, 0.3) is 10.9 Å². The molecule has 0 radical (unpaired) electrons. The van der Waals surface area contributed by atoms with Crippen molar-refractivity contribution in [3.05, 3.63) is 99.6 Å². The second-order valence-electron chi connectivity index (χ2n) is 7.08. The van der Waals surface area contributed by atoms with Crippen LogP contribution in [-0.4, -0.2) is 31.4 Å². The summed E-state index contributed by atoms with van der Waals surface area (Å²) in [6.45, 7) is -0.271. The predicted octanol–water partition coefficient (Wildman–Crippen LogP) is 3.76. The standard InChI is InChI=1S/C23H18ClN3O5S/c1-27(17-5-3-2-4-6-17)33(30,31)18-10-7-15(8-11-18)23(29)32-14-21-25-20-13-16(24)9-12-19(20)22(28)26-21/h2-13H,14H2,1H3,(H,25,26,28). The maximum Gasteiger partial charge on any atom is 0.338 e. The summed E-state index contributed by atoms with van der Waals surface area (Å²) in [5.74, 6) is -0.531. The lowest BCUT2D eigenvalue weighted by Gasteiger charge is -2.19. The van der Waals surface area contributed by atoms with Gasteiger partial charge in [-0.15, -0.1) is 0 Å². The Kier molecular flexibility index (Phi) is 6.17. The Morgan fingerprint density at radius 2 is 1.76 bits per heavy atom. The molecular formula is C23H18ClN3O5S. The number of ether oxygens (including phenoxy) is 1. The number of benzene rings is 3. The number of anilines is 1. The summed E-state index contributed by atoms with van der Waals surface area (Å²) in [4.78, 5) is 31.4. The number of carbonyl (C=O) groups excluding carboxylic acids is 1. The minimum atomic E-state index is -3.80. The highest BCUT2D eigenvalue weighted by Gasteiger charge is 2.21. The predicted molar refractivity (Wildman–Crippen MR) is 125 cm³/mol. The van der Waals surface area contributed by atoms with E-state index in [0.717, 1.165) is 4.31 Å². The van der Waals surface area contributed by atoms with Gasteiger partial charge in [0, 0.05) is 12.1 Å². The van der Waals surface area contributed by atoms with Crippen molar-refractivity contribution in [1.82, 2.24) is 9.97 Å². The fourth-order valence-corrected chi connectivity index (χ4v) is 4.51. The van der Waals surface area contributed by atoms with Crippen molar-refractivity contribution in [2.45, 2.75) is 11.5 Å². The van der Waals surface area contributed by atoms with Gasteiger partial charge in [0.05, 0.1) is 27.0 Å². The van der Waals surface area contributed by atoms with Gasteiger partial charge in [-0.3, -0.25) is 9.10 Å². The van der Waals surface area contributed by atoms with Crippen LogP contribution in [0.5, 0.6) is 0 Å². The number of halogens is 1. The number of carbonyl (C=O) groups is 1. The van der Waals surface area contributed by atoms with Crippen molar-refractivity contribution < 1.29 is 17.9 Å². The average Bonchev–Trinajstić information content (AvgIpc) is 2.82. The summed E-state index contributed by atoms with van der Waals surface area (Å²) in [5, 5.41) is 0.795. The van der Waals surface area contributed by atoms with Crippen molar-refractivity contribution in [3.63, 3.8) is 0 Å². The third-order valence-corrected chi connectivity index (χ3v) is 6.96. The topological polar surface area (TPSA) is 109 Å². The lowest BCUT2D eigenvalue weighted by atomic mass is 10.2. The van der Waals surface area contributed by atoms with E-state index in [0.29, 0.717) is 21.6 Å². The molecule has 3 aromatic carbocycles. The molecule has 0 saturated carbocycles. The zero-order valence-electron chi connectivity index (χ0n) is 17.4. The average molecular weight is 484 g/mol. The van der Waals surface area contributed by atoms with Gasteiger partial charge in [0.2, 0.25) is 0 Å². The first-order chi connectivity index (χ1) is 15.8. The number of fused-ring (bicyclic) bond motifs is 1. The van der Waals surface area contributed by atoms with Crippen molar-refractivity contribution >= 4 is 44.2 Å². The SMILES string of the molecule is CN(c1ccccc1)S(=O)(=O)c1ccc(C(=O)OCc2nc3cc(Cl)ccc3c(=O)[nH]2)cc1. The molecule has 0 aliphatic rings. The summed E-state index contributed by atoms with van der Waals surface area (Å²) in [7, 11) is -2.34. The molecule has 0 aliphatic heterocycles. The van der Waals surface area contributed by atoms with Crippen LogP contribution < -0.4 is 9.86 Å². The Hall–Kier alpha value is -3.69. The van der Waals surface area contributed by atoms with E-state index >= 15 is 0 Å². The van der Waals surface area contributed by atoms with Crippen molar-refractivity contribution in [2.24, 2.45) is 0 Å².